The first-order valence-electron chi connectivity index (χ1n) is 11.6. The maximum absolute atomic E-state index is 12.9. The Morgan fingerprint density at radius 1 is 1.03 bits per heavy atom. The van der Waals surface area contributed by atoms with E-state index in [2.05, 4.69) is 10.6 Å². The van der Waals surface area contributed by atoms with Gasteiger partial charge in [0, 0.05) is 17.6 Å². The van der Waals surface area contributed by atoms with Gasteiger partial charge in [-0.25, -0.2) is 0 Å². The Kier molecular flexibility index (Phi) is 6.09. The molecule has 1 aromatic carbocycles. The Hall–Kier alpha value is -2.37. The number of para-hydroxylation sites is 1. The Balaban J connectivity index is 1.22. The van der Waals surface area contributed by atoms with Crippen LogP contribution in [0.5, 0.6) is 0 Å². The average molecular weight is 427 g/mol. The highest BCUT2D eigenvalue weighted by Gasteiger charge is 2.54. The van der Waals surface area contributed by atoms with E-state index in [1.807, 2.05) is 32.0 Å². The highest BCUT2D eigenvalue weighted by Crippen LogP contribution is 2.60. The lowest BCUT2D eigenvalue weighted by Crippen LogP contribution is -2.53. The molecule has 4 aliphatic rings. The maximum Gasteiger partial charge on any atom is 0.308 e. The summed E-state index contributed by atoms with van der Waals surface area (Å²) in [6.07, 6.45) is 6.06. The van der Waals surface area contributed by atoms with Crippen molar-refractivity contribution in [2.45, 2.75) is 71.8 Å². The van der Waals surface area contributed by atoms with E-state index < -0.39 is 12.1 Å². The monoisotopic (exact) mass is 426 g/mol. The van der Waals surface area contributed by atoms with Crippen LogP contribution in [-0.4, -0.2) is 30.4 Å². The van der Waals surface area contributed by atoms with Crippen LogP contribution < -0.4 is 10.6 Å². The van der Waals surface area contributed by atoms with Crippen molar-refractivity contribution in [3.8, 4) is 0 Å². The number of aryl methyl sites for hydroxylation is 2. The van der Waals surface area contributed by atoms with Gasteiger partial charge in [-0.3, -0.25) is 14.4 Å². The van der Waals surface area contributed by atoms with Gasteiger partial charge in [-0.2, -0.15) is 0 Å². The van der Waals surface area contributed by atoms with Crippen LogP contribution in [0.1, 0.15) is 63.0 Å². The first kappa shape index (κ1) is 21.8. The number of esters is 1. The Labute approximate surface area is 184 Å². The van der Waals surface area contributed by atoms with E-state index in [0.717, 1.165) is 36.1 Å². The number of benzene rings is 1. The minimum atomic E-state index is -0.898. The Morgan fingerprint density at radius 3 is 2.13 bits per heavy atom. The standard InChI is InChI=1S/C25H34N2O4/c1-15-5-4-6-16(2)22(15)27-23(29)17(3)31-21(28)7-8-26-24(30)25-12-18-9-19(13-25)11-20(10-18)14-25/h4-6,17-20H,7-14H2,1-3H3,(H,26,30)(H,27,29)/t17-,18?,19?,20?,25?/m0/s1. The van der Waals surface area contributed by atoms with Gasteiger partial charge in [0.05, 0.1) is 6.42 Å². The molecule has 0 aromatic heterocycles. The van der Waals surface area contributed by atoms with Crippen LogP contribution in [0.3, 0.4) is 0 Å². The number of nitrogens with one attached hydrogen (secondary N) is 2. The number of hydrogen-bond acceptors (Lipinski definition) is 4. The van der Waals surface area contributed by atoms with Crippen molar-refractivity contribution in [2.75, 3.05) is 11.9 Å². The molecule has 2 N–H and O–H groups in total. The molecule has 6 nitrogen and oxygen atoms in total. The van der Waals surface area contributed by atoms with Crippen molar-refractivity contribution in [1.29, 1.82) is 0 Å². The number of ether oxygens (including phenoxy) is 1. The summed E-state index contributed by atoms with van der Waals surface area (Å²) in [6.45, 7) is 5.66. The Bertz CT molecular complexity index is 823. The second kappa shape index (κ2) is 8.64. The average Bonchev–Trinajstić information content (AvgIpc) is 2.69. The van der Waals surface area contributed by atoms with Gasteiger partial charge in [0.1, 0.15) is 0 Å². The zero-order valence-corrected chi connectivity index (χ0v) is 18.8. The first-order valence-corrected chi connectivity index (χ1v) is 11.6. The van der Waals surface area contributed by atoms with E-state index >= 15 is 0 Å². The number of hydrogen-bond donors (Lipinski definition) is 2. The summed E-state index contributed by atoms with van der Waals surface area (Å²) in [5, 5.41) is 5.83. The summed E-state index contributed by atoms with van der Waals surface area (Å²) in [5.41, 5.74) is 2.45. The molecular weight excluding hydrogens is 392 g/mol. The van der Waals surface area contributed by atoms with Crippen LogP contribution in [0.15, 0.2) is 18.2 Å². The minimum absolute atomic E-state index is 0.0686. The number of amides is 2. The van der Waals surface area contributed by atoms with Gasteiger partial charge in [0.25, 0.3) is 5.91 Å². The van der Waals surface area contributed by atoms with Crippen LogP contribution in [-0.2, 0) is 19.1 Å². The molecule has 2 amide bonds. The molecule has 0 heterocycles. The summed E-state index contributed by atoms with van der Waals surface area (Å²) in [4.78, 5) is 37.6. The molecule has 0 radical (unpaired) electrons. The topological polar surface area (TPSA) is 84.5 Å². The fraction of sp³-hybridized carbons (Fsp3) is 0.640. The SMILES string of the molecule is Cc1cccc(C)c1NC(=O)[C@H](C)OC(=O)CCNC(=O)C12CC3CC(CC(C3)C1)C2. The van der Waals surface area contributed by atoms with E-state index in [9.17, 15) is 14.4 Å². The van der Waals surface area contributed by atoms with Gasteiger partial charge in [0.15, 0.2) is 6.10 Å². The van der Waals surface area contributed by atoms with Crippen LogP contribution in [0.4, 0.5) is 5.69 Å². The van der Waals surface area contributed by atoms with Gasteiger partial charge in [-0.05, 0) is 88.2 Å². The number of carbonyl (C=O) groups excluding carboxylic acids is 3. The van der Waals surface area contributed by atoms with Gasteiger partial charge < -0.3 is 15.4 Å². The normalized spacial score (nSPS) is 29.3. The zero-order valence-electron chi connectivity index (χ0n) is 18.8. The van der Waals surface area contributed by atoms with Crippen LogP contribution in [0.2, 0.25) is 0 Å². The van der Waals surface area contributed by atoms with Gasteiger partial charge in [-0.15, -0.1) is 0 Å². The van der Waals surface area contributed by atoms with Crippen LogP contribution >= 0.6 is 0 Å². The third kappa shape index (κ3) is 4.63. The molecule has 4 aliphatic carbocycles. The van der Waals surface area contributed by atoms with E-state index in [4.69, 9.17) is 4.74 Å². The molecule has 5 rings (SSSR count). The third-order valence-electron chi connectivity index (χ3n) is 7.54. The van der Waals surface area contributed by atoms with E-state index in [1.165, 1.54) is 19.3 Å². The molecule has 1 aromatic rings. The van der Waals surface area contributed by atoms with Crippen molar-refractivity contribution in [1.82, 2.24) is 5.32 Å². The summed E-state index contributed by atoms with van der Waals surface area (Å²) >= 11 is 0. The summed E-state index contributed by atoms with van der Waals surface area (Å²) in [7, 11) is 0. The fourth-order valence-electron chi connectivity index (χ4n) is 6.40. The summed E-state index contributed by atoms with van der Waals surface area (Å²) in [6, 6.07) is 5.78. The van der Waals surface area contributed by atoms with Crippen molar-refractivity contribution in [3.63, 3.8) is 0 Å². The summed E-state index contributed by atoms with van der Waals surface area (Å²) in [5.74, 6) is 1.40. The quantitative estimate of drug-likeness (QED) is 0.648. The number of rotatable bonds is 7. The van der Waals surface area contributed by atoms with Gasteiger partial charge >= 0.3 is 5.97 Å². The molecule has 0 saturated heterocycles. The number of carbonyl (C=O) groups is 3. The molecule has 0 aliphatic heterocycles. The minimum Gasteiger partial charge on any atom is -0.452 e. The van der Waals surface area contributed by atoms with Gasteiger partial charge in [-0.1, -0.05) is 18.2 Å². The second-order valence-electron chi connectivity index (χ2n) is 10.1. The Morgan fingerprint density at radius 2 is 1.58 bits per heavy atom. The maximum atomic E-state index is 12.9. The lowest BCUT2D eigenvalue weighted by atomic mass is 9.49. The number of anilines is 1. The molecule has 1 atom stereocenters. The lowest BCUT2D eigenvalue weighted by Gasteiger charge is -2.55. The first-order chi connectivity index (χ1) is 14.8. The predicted molar refractivity (Wildman–Crippen MR) is 118 cm³/mol. The van der Waals surface area contributed by atoms with Crippen LogP contribution in [0, 0.1) is 37.0 Å². The van der Waals surface area contributed by atoms with Crippen molar-refractivity contribution in [2.24, 2.45) is 23.2 Å². The van der Waals surface area contributed by atoms with E-state index in [0.29, 0.717) is 17.8 Å². The summed E-state index contributed by atoms with van der Waals surface area (Å²) < 4.78 is 5.29. The van der Waals surface area contributed by atoms with Gasteiger partial charge in [0.2, 0.25) is 5.91 Å². The van der Waals surface area contributed by atoms with E-state index in [-0.39, 0.29) is 30.2 Å². The van der Waals surface area contributed by atoms with Crippen molar-refractivity contribution >= 4 is 23.5 Å². The predicted octanol–water partition coefficient (Wildman–Crippen LogP) is 3.90. The fourth-order valence-corrected chi connectivity index (χ4v) is 6.40. The molecule has 4 saturated carbocycles. The highest BCUT2D eigenvalue weighted by atomic mass is 16.5. The smallest absolute Gasteiger partial charge is 0.308 e. The molecule has 0 spiro atoms. The third-order valence-corrected chi connectivity index (χ3v) is 7.54. The molecular formula is C25H34N2O4. The molecule has 6 heteroatoms. The molecule has 4 bridgehead atoms. The van der Waals surface area contributed by atoms with Crippen molar-refractivity contribution in [3.05, 3.63) is 29.3 Å². The molecule has 0 unspecified atom stereocenters. The molecule has 4 fully saturated rings. The second-order valence-corrected chi connectivity index (χ2v) is 10.1. The highest BCUT2D eigenvalue weighted by molar-refractivity contribution is 5.96. The lowest BCUT2D eigenvalue weighted by molar-refractivity contribution is -0.153. The van der Waals surface area contributed by atoms with E-state index in [1.54, 1.807) is 6.92 Å². The molecule has 31 heavy (non-hydrogen) atoms. The van der Waals surface area contributed by atoms with Crippen LogP contribution in [0.25, 0.3) is 0 Å². The zero-order chi connectivity index (χ0) is 22.2. The van der Waals surface area contributed by atoms with Crippen molar-refractivity contribution < 1.29 is 19.1 Å². The molecule has 168 valence electrons. The largest absolute Gasteiger partial charge is 0.452 e.